The SMILES string of the molecule is Cc1noc(-c2ccc(NS(=O)(=O)c3ccc4c(c3)CC(=O)N4)cc2)n1. The van der Waals surface area contributed by atoms with Gasteiger partial charge in [0.1, 0.15) is 0 Å². The zero-order valence-electron chi connectivity index (χ0n) is 13.7. The molecule has 0 saturated carbocycles. The molecule has 0 spiro atoms. The number of nitrogens with zero attached hydrogens (tertiary/aromatic N) is 2. The topological polar surface area (TPSA) is 114 Å². The Morgan fingerprint density at radius 3 is 2.62 bits per heavy atom. The third-order valence-corrected chi connectivity index (χ3v) is 5.30. The maximum atomic E-state index is 12.6. The lowest BCUT2D eigenvalue weighted by molar-refractivity contribution is -0.115. The highest BCUT2D eigenvalue weighted by Gasteiger charge is 2.22. The predicted molar refractivity (Wildman–Crippen MR) is 94.1 cm³/mol. The van der Waals surface area contributed by atoms with Crippen molar-refractivity contribution in [3.63, 3.8) is 0 Å². The van der Waals surface area contributed by atoms with E-state index >= 15 is 0 Å². The third kappa shape index (κ3) is 3.04. The molecule has 4 rings (SSSR count). The van der Waals surface area contributed by atoms with Gasteiger partial charge in [0.15, 0.2) is 5.82 Å². The molecule has 0 saturated heterocycles. The Balaban J connectivity index is 1.56. The van der Waals surface area contributed by atoms with Gasteiger partial charge in [0.25, 0.3) is 15.9 Å². The Morgan fingerprint density at radius 2 is 1.92 bits per heavy atom. The largest absolute Gasteiger partial charge is 0.334 e. The van der Waals surface area contributed by atoms with E-state index in [9.17, 15) is 13.2 Å². The molecule has 1 aliphatic heterocycles. The van der Waals surface area contributed by atoms with Gasteiger partial charge in [0, 0.05) is 16.9 Å². The van der Waals surface area contributed by atoms with Gasteiger partial charge in [-0.2, -0.15) is 4.98 Å². The fourth-order valence-corrected chi connectivity index (χ4v) is 3.79. The number of nitrogens with one attached hydrogen (secondary N) is 2. The van der Waals surface area contributed by atoms with E-state index in [4.69, 9.17) is 4.52 Å². The molecule has 3 aromatic rings. The van der Waals surface area contributed by atoms with Crippen LogP contribution in [0.15, 0.2) is 51.9 Å². The molecule has 0 radical (unpaired) electrons. The number of carbonyl (C=O) groups excluding carboxylic acids is 1. The first kappa shape index (κ1) is 16.3. The summed E-state index contributed by atoms with van der Waals surface area (Å²) in [5.41, 5.74) is 2.41. The molecule has 9 heteroatoms. The molecule has 0 unspecified atom stereocenters. The van der Waals surface area contributed by atoms with Crippen molar-refractivity contribution >= 4 is 27.3 Å². The lowest BCUT2D eigenvalue weighted by atomic mass is 10.2. The number of aryl methyl sites for hydroxylation is 1. The van der Waals surface area contributed by atoms with Gasteiger partial charge in [-0.3, -0.25) is 9.52 Å². The van der Waals surface area contributed by atoms with Crippen LogP contribution in [0.4, 0.5) is 11.4 Å². The van der Waals surface area contributed by atoms with E-state index in [1.54, 1.807) is 37.3 Å². The maximum absolute atomic E-state index is 12.6. The number of anilines is 2. The first-order chi connectivity index (χ1) is 12.4. The minimum absolute atomic E-state index is 0.101. The summed E-state index contributed by atoms with van der Waals surface area (Å²) in [7, 11) is -3.77. The van der Waals surface area contributed by atoms with Gasteiger partial charge in [-0.25, -0.2) is 8.42 Å². The molecule has 0 fully saturated rings. The van der Waals surface area contributed by atoms with Crippen LogP contribution in [0, 0.1) is 6.92 Å². The number of carbonyl (C=O) groups is 1. The molecule has 132 valence electrons. The van der Waals surface area contributed by atoms with Gasteiger partial charge in [0.2, 0.25) is 5.91 Å². The number of amides is 1. The van der Waals surface area contributed by atoms with Crippen LogP contribution in [-0.4, -0.2) is 24.5 Å². The van der Waals surface area contributed by atoms with Crippen LogP contribution in [0.1, 0.15) is 11.4 Å². The number of aromatic nitrogens is 2. The van der Waals surface area contributed by atoms with Crippen molar-refractivity contribution < 1.29 is 17.7 Å². The van der Waals surface area contributed by atoms with Crippen molar-refractivity contribution in [3.05, 3.63) is 53.9 Å². The van der Waals surface area contributed by atoms with Crippen molar-refractivity contribution in [3.8, 4) is 11.5 Å². The van der Waals surface area contributed by atoms with Gasteiger partial charge in [0.05, 0.1) is 11.3 Å². The average Bonchev–Trinajstić information content (AvgIpc) is 3.19. The molecule has 2 N–H and O–H groups in total. The van der Waals surface area contributed by atoms with E-state index < -0.39 is 10.0 Å². The number of sulfonamides is 1. The second-order valence-electron chi connectivity index (χ2n) is 5.87. The van der Waals surface area contributed by atoms with Gasteiger partial charge in [-0.05, 0) is 55.0 Å². The van der Waals surface area contributed by atoms with E-state index in [-0.39, 0.29) is 17.2 Å². The smallest absolute Gasteiger partial charge is 0.261 e. The predicted octanol–water partition coefficient (Wildman–Crippen LogP) is 2.34. The fraction of sp³-hybridized carbons (Fsp3) is 0.118. The number of hydrogen-bond donors (Lipinski definition) is 2. The standard InChI is InChI=1S/C17H14N4O4S/c1-10-18-17(25-20-10)11-2-4-13(5-3-11)21-26(23,24)14-6-7-15-12(8-14)9-16(22)19-15/h2-8,21H,9H2,1H3,(H,19,22). The summed E-state index contributed by atoms with van der Waals surface area (Å²) in [6, 6.07) is 11.2. The minimum Gasteiger partial charge on any atom is -0.334 e. The average molecular weight is 370 g/mol. The third-order valence-electron chi connectivity index (χ3n) is 3.92. The lowest BCUT2D eigenvalue weighted by Gasteiger charge is -2.09. The first-order valence-corrected chi connectivity index (χ1v) is 9.25. The monoisotopic (exact) mass is 370 g/mol. The van der Waals surface area contributed by atoms with E-state index in [0.717, 1.165) is 0 Å². The van der Waals surface area contributed by atoms with Crippen LogP contribution in [-0.2, 0) is 21.2 Å². The summed E-state index contributed by atoms with van der Waals surface area (Å²) < 4.78 is 32.8. The zero-order chi connectivity index (χ0) is 18.3. The van der Waals surface area contributed by atoms with E-state index in [0.29, 0.717) is 34.2 Å². The summed E-state index contributed by atoms with van der Waals surface area (Å²) in [6.45, 7) is 1.72. The van der Waals surface area contributed by atoms with Gasteiger partial charge in [-0.15, -0.1) is 0 Å². The van der Waals surface area contributed by atoms with Crippen LogP contribution in [0.25, 0.3) is 11.5 Å². The first-order valence-electron chi connectivity index (χ1n) is 7.77. The molecular formula is C17H14N4O4S. The van der Waals surface area contributed by atoms with Crippen molar-refractivity contribution in [2.45, 2.75) is 18.2 Å². The lowest BCUT2D eigenvalue weighted by Crippen LogP contribution is -2.13. The Bertz CT molecular complexity index is 1100. The highest BCUT2D eigenvalue weighted by Crippen LogP contribution is 2.27. The molecule has 1 aliphatic rings. The van der Waals surface area contributed by atoms with Crippen molar-refractivity contribution in [1.82, 2.24) is 10.1 Å². The summed E-state index contributed by atoms with van der Waals surface area (Å²) in [6.07, 6.45) is 0.178. The second kappa shape index (κ2) is 5.95. The van der Waals surface area contributed by atoms with Crippen LogP contribution < -0.4 is 10.0 Å². The highest BCUT2D eigenvalue weighted by molar-refractivity contribution is 7.92. The van der Waals surface area contributed by atoms with Crippen LogP contribution in [0.2, 0.25) is 0 Å². The Hall–Kier alpha value is -3.20. The van der Waals surface area contributed by atoms with Crippen LogP contribution in [0.5, 0.6) is 0 Å². The quantitative estimate of drug-likeness (QED) is 0.728. The normalized spacial score (nSPS) is 13.3. The second-order valence-corrected chi connectivity index (χ2v) is 7.56. The fourth-order valence-electron chi connectivity index (χ4n) is 2.68. The Kier molecular flexibility index (Phi) is 3.73. The van der Waals surface area contributed by atoms with E-state index in [1.807, 2.05) is 0 Å². The van der Waals surface area contributed by atoms with Crippen LogP contribution >= 0.6 is 0 Å². The zero-order valence-corrected chi connectivity index (χ0v) is 14.5. The number of rotatable bonds is 4. The van der Waals surface area contributed by atoms with Gasteiger partial charge in [-0.1, -0.05) is 5.16 Å². The molecular weight excluding hydrogens is 356 g/mol. The molecule has 26 heavy (non-hydrogen) atoms. The van der Waals surface area contributed by atoms with Crippen molar-refractivity contribution in [2.24, 2.45) is 0 Å². The molecule has 8 nitrogen and oxygen atoms in total. The molecule has 1 aromatic heterocycles. The van der Waals surface area contributed by atoms with Gasteiger partial charge < -0.3 is 9.84 Å². The summed E-state index contributed by atoms with van der Waals surface area (Å²) in [5, 5.41) is 6.40. The number of fused-ring (bicyclic) bond motifs is 1. The van der Waals surface area contributed by atoms with E-state index in [2.05, 4.69) is 20.2 Å². The highest BCUT2D eigenvalue weighted by atomic mass is 32.2. The Labute approximate surface area is 149 Å². The van der Waals surface area contributed by atoms with Gasteiger partial charge >= 0.3 is 0 Å². The molecule has 0 bridgehead atoms. The van der Waals surface area contributed by atoms with Crippen molar-refractivity contribution in [2.75, 3.05) is 10.0 Å². The summed E-state index contributed by atoms with van der Waals surface area (Å²) in [5.74, 6) is 0.747. The Morgan fingerprint density at radius 1 is 1.15 bits per heavy atom. The molecule has 2 heterocycles. The van der Waals surface area contributed by atoms with E-state index in [1.165, 1.54) is 12.1 Å². The van der Waals surface area contributed by atoms with Crippen LogP contribution in [0.3, 0.4) is 0 Å². The summed E-state index contributed by atoms with van der Waals surface area (Å²) in [4.78, 5) is 15.6. The number of hydrogen-bond acceptors (Lipinski definition) is 6. The summed E-state index contributed by atoms with van der Waals surface area (Å²) >= 11 is 0. The van der Waals surface area contributed by atoms with Crippen molar-refractivity contribution in [1.29, 1.82) is 0 Å². The minimum atomic E-state index is -3.77. The molecule has 0 aliphatic carbocycles. The maximum Gasteiger partial charge on any atom is 0.261 e. The molecule has 1 amide bonds. The molecule has 2 aromatic carbocycles. The number of benzene rings is 2. The molecule has 0 atom stereocenters.